The number of carbonyl (C=O) groups excluding carboxylic acids is 1. The summed E-state index contributed by atoms with van der Waals surface area (Å²) in [7, 11) is 0. The predicted molar refractivity (Wildman–Crippen MR) is 76.5 cm³/mol. The van der Waals surface area contributed by atoms with E-state index in [0.29, 0.717) is 25.1 Å². The third-order valence-electron chi connectivity index (χ3n) is 4.04. The van der Waals surface area contributed by atoms with Gasteiger partial charge in [-0.25, -0.2) is 0 Å². The van der Waals surface area contributed by atoms with Gasteiger partial charge in [-0.1, -0.05) is 6.07 Å². The molecule has 0 radical (unpaired) electrons. The number of H-pyrrole nitrogens is 1. The van der Waals surface area contributed by atoms with Gasteiger partial charge in [0, 0.05) is 24.0 Å². The van der Waals surface area contributed by atoms with Crippen LogP contribution in [0.25, 0.3) is 10.9 Å². The number of fused-ring (bicyclic) bond motifs is 1. The van der Waals surface area contributed by atoms with Crippen molar-refractivity contribution in [1.29, 1.82) is 0 Å². The van der Waals surface area contributed by atoms with Crippen LogP contribution in [0.15, 0.2) is 24.4 Å². The Morgan fingerprint density at radius 2 is 2.25 bits per heavy atom. The molecule has 1 aromatic heterocycles. The standard InChI is InChI=1S/C15H19N3O2/c1-15(20)5-2-7-18(8-6-15)14(19)11-3-4-12-10-16-17-13(12)9-11/h3-4,9-10,20H,2,5-8H2,1H3,(H,16,17). The third-order valence-corrected chi connectivity index (χ3v) is 4.04. The highest BCUT2D eigenvalue weighted by atomic mass is 16.3. The van der Waals surface area contributed by atoms with Gasteiger partial charge in [0.25, 0.3) is 5.91 Å². The van der Waals surface area contributed by atoms with Crippen LogP contribution in [0.1, 0.15) is 36.5 Å². The molecule has 1 saturated heterocycles. The molecule has 2 N–H and O–H groups in total. The second-order valence-electron chi connectivity index (χ2n) is 5.81. The Balaban J connectivity index is 1.80. The Bertz CT molecular complexity index is 633. The highest BCUT2D eigenvalue weighted by Crippen LogP contribution is 2.23. The second-order valence-corrected chi connectivity index (χ2v) is 5.81. The summed E-state index contributed by atoms with van der Waals surface area (Å²) in [6.07, 6.45) is 3.96. The minimum Gasteiger partial charge on any atom is -0.390 e. The number of hydrogen-bond donors (Lipinski definition) is 2. The topological polar surface area (TPSA) is 69.2 Å². The van der Waals surface area contributed by atoms with Crippen LogP contribution in [0.5, 0.6) is 0 Å². The summed E-state index contributed by atoms with van der Waals surface area (Å²) in [6, 6.07) is 5.58. The third kappa shape index (κ3) is 2.54. The van der Waals surface area contributed by atoms with E-state index in [1.165, 1.54) is 0 Å². The number of hydrogen-bond acceptors (Lipinski definition) is 3. The van der Waals surface area contributed by atoms with E-state index in [0.717, 1.165) is 23.7 Å². The molecule has 1 aromatic carbocycles. The molecule has 1 unspecified atom stereocenters. The maximum absolute atomic E-state index is 12.5. The van der Waals surface area contributed by atoms with Gasteiger partial charge in [-0.05, 0) is 38.3 Å². The van der Waals surface area contributed by atoms with E-state index in [1.54, 1.807) is 6.20 Å². The van der Waals surface area contributed by atoms with Gasteiger partial charge in [0.05, 0.1) is 17.3 Å². The number of nitrogens with zero attached hydrogens (tertiary/aromatic N) is 2. The van der Waals surface area contributed by atoms with E-state index in [2.05, 4.69) is 10.2 Å². The van der Waals surface area contributed by atoms with Crippen molar-refractivity contribution >= 4 is 16.8 Å². The first kappa shape index (κ1) is 13.1. The number of nitrogens with one attached hydrogen (secondary N) is 1. The van der Waals surface area contributed by atoms with Crippen molar-refractivity contribution < 1.29 is 9.90 Å². The summed E-state index contributed by atoms with van der Waals surface area (Å²) in [5.74, 6) is 0.0270. The van der Waals surface area contributed by atoms with Crippen LogP contribution in [-0.2, 0) is 0 Å². The molecule has 3 rings (SSSR count). The molecule has 1 atom stereocenters. The molecule has 5 heteroatoms. The van der Waals surface area contributed by atoms with E-state index in [9.17, 15) is 9.90 Å². The van der Waals surface area contributed by atoms with Crippen LogP contribution in [0.2, 0.25) is 0 Å². The smallest absolute Gasteiger partial charge is 0.253 e. The van der Waals surface area contributed by atoms with Crippen LogP contribution in [0, 0.1) is 0 Å². The van der Waals surface area contributed by atoms with Crippen molar-refractivity contribution in [2.75, 3.05) is 13.1 Å². The number of rotatable bonds is 1. The number of aromatic amines is 1. The summed E-state index contributed by atoms with van der Waals surface area (Å²) >= 11 is 0. The lowest BCUT2D eigenvalue weighted by Gasteiger charge is -2.22. The number of benzene rings is 1. The Kier molecular flexibility index (Phi) is 3.22. The van der Waals surface area contributed by atoms with Crippen LogP contribution < -0.4 is 0 Å². The average Bonchev–Trinajstić information content (AvgIpc) is 2.81. The highest BCUT2D eigenvalue weighted by Gasteiger charge is 2.27. The van der Waals surface area contributed by atoms with Crippen molar-refractivity contribution in [2.45, 2.75) is 31.8 Å². The van der Waals surface area contributed by atoms with Crippen LogP contribution >= 0.6 is 0 Å². The molecule has 20 heavy (non-hydrogen) atoms. The lowest BCUT2D eigenvalue weighted by molar-refractivity contribution is 0.0438. The molecule has 2 heterocycles. The maximum atomic E-state index is 12.5. The van der Waals surface area contributed by atoms with Crippen molar-refractivity contribution in [1.82, 2.24) is 15.1 Å². The first-order valence-corrected chi connectivity index (χ1v) is 7.00. The average molecular weight is 273 g/mol. The Morgan fingerprint density at radius 1 is 1.40 bits per heavy atom. The lowest BCUT2D eigenvalue weighted by atomic mass is 9.98. The van der Waals surface area contributed by atoms with Crippen LogP contribution in [0.4, 0.5) is 0 Å². The fourth-order valence-corrected chi connectivity index (χ4v) is 2.72. The van der Waals surface area contributed by atoms with Gasteiger partial charge >= 0.3 is 0 Å². The quantitative estimate of drug-likeness (QED) is 0.834. The van der Waals surface area contributed by atoms with Crippen LogP contribution in [-0.4, -0.2) is 44.8 Å². The summed E-state index contributed by atoms with van der Waals surface area (Å²) in [5, 5.41) is 17.9. The molecule has 0 saturated carbocycles. The fraction of sp³-hybridized carbons (Fsp3) is 0.467. The van der Waals surface area contributed by atoms with E-state index < -0.39 is 5.60 Å². The molecule has 0 bridgehead atoms. The number of likely N-dealkylation sites (tertiary alicyclic amines) is 1. The van der Waals surface area contributed by atoms with Gasteiger partial charge in [-0.3, -0.25) is 9.89 Å². The van der Waals surface area contributed by atoms with Crippen molar-refractivity contribution in [3.05, 3.63) is 30.0 Å². The molecule has 0 spiro atoms. The Morgan fingerprint density at radius 3 is 3.10 bits per heavy atom. The first-order valence-electron chi connectivity index (χ1n) is 7.00. The summed E-state index contributed by atoms with van der Waals surface area (Å²) in [6.45, 7) is 3.15. The van der Waals surface area contributed by atoms with Crippen LogP contribution in [0.3, 0.4) is 0 Å². The zero-order valence-corrected chi connectivity index (χ0v) is 11.6. The van der Waals surface area contributed by atoms with E-state index in [1.807, 2.05) is 30.0 Å². The number of amides is 1. The molecule has 1 aliphatic rings. The zero-order chi connectivity index (χ0) is 14.2. The predicted octanol–water partition coefficient (Wildman–Crippen LogP) is 1.94. The molecule has 2 aromatic rings. The molecule has 1 amide bonds. The van der Waals surface area contributed by atoms with Gasteiger partial charge in [-0.2, -0.15) is 5.10 Å². The summed E-state index contributed by atoms with van der Waals surface area (Å²) in [5.41, 5.74) is 0.892. The SMILES string of the molecule is CC1(O)CCCN(C(=O)c2ccc3cn[nH]c3c2)CC1. The van der Waals surface area contributed by atoms with Crippen molar-refractivity contribution in [3.63, 3.8) is 0 Å². The van der Waals surface area contributed by atoms with Gasteiger partial charge in [0.15, 0.2) is 0 Å². The lowest BCUT2D eigenvalue weighted by Crippen LogP contribution is -2.33. The second kappa shape index (κ2) is 4.90. The van der Waals surface area contributed by atoms with E-state index in [4.69, 9.17) is 0 Å². The van der Waals surface area contributed by atoms with Crippen molar-refractivity contribution in [3.8, 4) is 0 Å². The zero-order valence-electron chi connectivity index (χ0n) is 11.6. The molecule has 1 aliphatic heterocycles. The first-order chi connectivity index (χ1) is 9.55. The van der Waals surface area contributed by atoms with Gasteiger partial charge in [0.2, 0.25) is 0 Å². The Labute approximate surface area is 117 Å². The molecule has 0 aliphatic carbocycles. The molecule has 1 fully saturated rings. The fourth-order valence-electron chi connectivity index (χ4n) is 2.72. The van der Waals surface area contributed by atoms with E-state index >= 15 is 0 Å². The summed E-state index contributed by atoms with van der Waals surface area (Å²) in [4.78, 5) is 14.4. The largest absolute Gasteiger partial charge is 0.390 e. The molecule has 106 valence electrons. The maximum Gasteiger partial charge on any atom is 0.253 e. The van der Waals surface area contributed by atoms with Crippen molar-refractivity contribution in [2.24, 2.45) is 0 Å². The molecular formula is C15H19N3O2. The Hall–Kier alpha value is -1.88. The molecular weight excluding hydrogens is 254 g/mol. The number of aromatic nitrogens is 2. The summed E-state index contributed by atoms with van der Waals surface area (Å²) < 4.78 is 0. The minimum atomic E-state index is -0.650. The van der Waals surface area contributed by atoms with Gasteiger partial charge in [-0.15, -0.1) is 0 Å². The highest BCUT2D eigenvalue weighted by molar-refractivity contribution is 5.97. The number of aliphatic hydroxyl groups is 1. The number of carbonyl (C=O) groups is 1. The molecule has 5 nitrogen and oxygen atoms in total. The monoisotopic (exact) mass is 273 g/mol. The minimum absolute atomic E-state index is 0.0270. The normalized spacial score (nSPS) is 23.8. The van der Waals surface area contributed by atoms with E-state index in [-0.39, 0.29) is 5.91 Å². The van der Waals surface area contributed by atoms with Gasteiger partial charge < -0.3 is 10.0 Å². The van der Waals surface area contributed by atoms with Gasteiger partial charge in [0.1, 0.15) is 0 Å².